The van der Waals surface area contributed by atoms with Crippen molar-refractivity contribution >= 4 is 21.8 Å². The van der Waals surface area contributed by atoms with Crippen molar-refractivity contribution in [3.05, 3.63) is 73.3 Å². The van der Waals surface area contributed by atoms with Gasteiger partial charge in [0.2, 0.25) is 0 Å². The molecule has 0 unspecified atom stereocenters. The maximum absolute atomic E-state index is 4.12. The monoisotopic (exact) mass is 260 g/mol. The molecular formula is C16H12N4. The molecule has 0 amide bonds. The maximum Gasteiger partial charge on any atom is 0.0886 e. The van der Waals surface area contributed by atoms with Gasteiger partial charge in [0, 0.05) is 23.2 Å². The number of aromatic nitrogens is 4. The van der Waals surface area contributed by atoms with Gasteiger partial charge in [-0.3, -0.25) is 9.97 Å². The van der Waals surface area contributed by atoms with Crippen LogP contribution in [0.25, 0.3) is 21.8 Å². The Balaban J connectivity index is 0.000000121. The van der Waals surface area contributed by atoms with Gasteiger partial charge in [-0.15, -0.1) is 0 Å². The lowest BCUT2D eigenvalue weighted by molar-refractivity contribution is 1.05. The van der Waals surface area contributed by atoms with E-state index in [1.54, 1.807) is 24.8 Å². The molecule has 0 spiro atoms. The van der Waals surface area contributed by atoms with Gasteiger partial charge in [0.15, 0.2) is 0 Å². The summed E-state index contributed by atoms with van der Waals surface area (Å²) in [6.45, 7) is 0. The molecule has 0 fully saturated rings. The van der Waals surface area contributed by atoms with Gasteiger partial charge >= 0.3 is 0 Å². The smallest absolute Gasteiger partial charge is 0.0886 e. The lowest BCUT2D eigenvalue weighted by Gasteiger charge is -1.90. The van der Waals surface area contributed by atoms with Crippen LogP contribution in [0.3, 0.4) is 0 Å². The van der Waals surface area contributed by atoms with Crippen LogP contribution in [0.1, 0.15) is 0 Å². The standard InChI is InChI=1S/2C8H6N2/c1-2-4-8-6-10-9-5-7(8)3-1;1-2-4-8-7(3-1)9-5-6-10-8/h2*1-6H. The van der Waals surface area contributed by atoms with Crippen LogP contribution < -0.4 is 0 Å². The molecule has 0 aliphatic rings. The van der Waals surface area contributed by atoms with Crippen molar-refractivity contribution in [2.45, 2.75) is 0 Å². The minimum Gasteiger partial charge on any atom is -0.253 e. The molecule has 0 bridgehead atoms. The molecule has 2 heterocycles. The third-order valence-electron chi connectivity index (χ3n) is 2.83. The number of nitrogens with zero attached hydrogens (tertiary/aromatic N) is 4. The minimum atomic E-state index is 0.949. The number of para-hydroxylation sites is 2. The van der Waals surface area contributed by atoms with Crippen molar-refractivity contribution in [1.82, 2.24) is 20.2 Å². The molecule has 2 aromatic carbocycles. The Morgan fingerprint density at radius 2 is 1.00 bits per heavy atom. The van der Waals surface area contributed by atoms with E-state index in [0.717, 1.165) is 21.8 Å². The van der Waals surface area contributed by atoms with Gasteiger partial charge in [-0.2, -0.15) is 10.2 Å². The second-order valence-corrected chi connectivity index (χ2v) is 4.16. The zero-order valence-corrected chi connectivity index (χ0v) is 10.7. The molecule has 20 heavy (non-hydrogen) atoms. The van der Waals surface area contributed by atoms with Crippen LogP contribution in [0.5, 0.6) is 0 Å². The van der Waals surface area contributed by atoms with Crippen molar-refractivity contribution in [2.24, 2.45) is 0 Å². The van der Waals surface area contributed by atoms with E-state index in [0.29, 0.717) is 0 Å². The van der Waals surface area contributed by atoms with Crippen molar-refractivity contribution in [2.75, 3.05) is 0 Å². The molecule has 0 aliphatic carbocycles. The van der Waals surface area contributed by atoms with E-state index in [9.17, 15) is 0 Å². The molecule has 4 nitrogen and oxygen atoms in total. The SMILES string of the molecule is c1ccc2cnncc2c1.c1ccc2nccnc2c1. The highest BCUT2D eigenvalue weighted by Gasteiger charge is 1.88. The van der Waals surface area contributed by atoms with E-state index >= 15 is 0 Å². The van der Waals surface area contributed by atoms with Crippen LogP contribution in [0.2, 0.25) is 0 Å². The van der Waals surface area contributed by atoms with Crippen molar-refractivity contribution in [1.29, 1.82) is 0 Å². The Hall–Kier alpha value is -2.88. The average molecular weight is 260 g/mol. The molecule has 4 heteroatoms. The molecule has 0 aliphatic heterocycles. The lowest BCUT2D eigenvalue weighted by Crippen LogP contribution is -1.78. The summed E-state index contributed by atoms with van der Waals surface area (Å²) in [4.78, 5) is 8.24. The van der Waals surface area contributed by atoms with E-state index in [1.165, 1.54) is 0 Å². The Morgan fingerprint density at radius 1 is 0.550 bits per heavy atom. The zero-order valence-electron chi connectivity index (χ0n) is 10.7. The Morgan fingerprint density at radius 3 is 1.50 bits per heavy atom. The second-order valence-electron chi connectivity index (χ2n) is 4.16. The highest BCUT2D eigenvalue weighted by atomic mass is 15.1. The largest absolute Gasteiger partial charge is 0.253 e. The van der Waals surface area contributed by atoms with Gasteiger partial charge in [-0.25, -0.2) is 0 Å². The molecule has 0 saturated heterocycles. The highest BCUT2D eigenvalue weighted by molar-refractivity contribution is 5.80. The van der Waals surface area contributed by atoms with Crippen LogP contribution in [-0.4, -0.2) is 20.2 Å². The van der Waals surface area contributed by atoms with Gasteiger partial charge in [0.1, 0.15) is 0 Å². The van der Waals surface area contributed by atoms with E-state index in [-0.39, 0.29) is 0 Å². The van der Waals surface area contributed by atoms with Crippen molar-refractivity contribution in [3.63, 3.8) is 0 Å². The molecule has 2 aromatic heterocycles. The van der Waals surface area contributed by atoms with E-state index in [4.69, 9.17) is 0 Å². The van der Waals surface area contributed by atoms with E-state index in [2.05, 4.69) is 20.2 Å². The van der Waals surface area contributed by atoms with Crippen LogP contribution in [0.15, 0.2) is 73.3 Å². The highest BCUT2D eigenvalue weighted by Crippen LogP contribution is 2.08. The number of hydrogen-bond donors (Lipinski definition) is 0. The summed E-state index contributed by atoms with van der Waals surface area (Å²) in [6.07, 6.45) is 6.91. The lowest BCUT2D eigenvalue weighted by atomic mass is 10.2. The maximum atomic E-state index is 4.12. The predicted molar refractivity (Wildman–Crippen MR) is 79.1 cm³/mol. The third-order valence-corrected chi connectivity index (χ3v) is 2.83. The molecule has 0 radical (unpaired) electrons. The van der Waals surface area contributed by atoms with Gasteiger partial charge < -0.3 is 0 Å². The van der Waals surface area contributed by atoms with Crippen molar-refractivity contribution in [3.8, 4) is 0 Å². The fraction of sp³-hybridized carbons (Fsp3) is 0. The summed E-state index contributed by atoms with van der Waals surface area (Å²) in [7, 11) is 0. The molecule has 96 valence electrons. The first-order valence-electron chi connectivity index (χ1n) is 6.25. The zero-order chi connectivity index (χ0) is 13.6. The summed E-state index contributed by atoms with van der Waals surface area (Å²) >= 11 is 0. The summed E-state index contributed by atoms with van der Waals surface area (Å²) in [5, 5.41) is 9.80. The quantitative estimate of drug-likeness (QED) is 0.487. The van der Waals surface area contributed by atoms with Gasteiger partial charge in [0.05, 0.1) is 23.4 Å². The van der Waals surface area contributed by atoms with E-state index in [1.807, 2.05) is 48.5 Å². The number of rotatable bonds is 0. The molecule has 0 saturated carbocycles. The summed E-state index contributed by atoms with van der Waals surface area (Å²) in [5.41, 5.74) is 1.90. The fourth-order valence-corrected chi connectivity index (χ4v) is 1.85. The molecular weight excluding hydrogens is 248 g/mol. The average Bonchev–Trinajstić information content (AvgIpc) is 2.56. The third kappa shape index (κ3) is 2.75. The number of benzene rings is 2. The first-order chi connectivity index (χ1) is 9.93. The molecule has 4 rings (SSSR count). The summed E-state index contributed by atoms with van der Waals surface area (Å²) in [5.74, 6) is 0. The summed E-state index contributed by atoms with van der Waals surface area (Å²) in [6, 6.07) is 15.8. The topological polar surface area (TPSA) is 51.6 Å². The van der Waals surface area contributed by atoms with Gasteiger partial charge in [-0.05, 0) is 12.1 Å². The van der Waals surface area contributed by atoms with E-state index < -0.39 is 0 Å². The molecule has 0 N–H and O–H groups in total. The predicted octanol–water partition coefficient (Wildman–Crippen LogP) is 3.26. The van der Waals surface area contributed by atoms with Crippen molar-refractivity contribution < 1.29 is 0 Å². The Bertz CT molecular complexity index is 628. The fourth-order valence-electron chi connectivity index (χ4n) is 1.85. The Labute approximate surface area is 116 Å². The van der Waals surface area contributed by atoms with Crippen LogP contribution in [0.4, 0.5) is 0 Å². The van der Waals surface area contributed by atoms with Crippen LogP contribution >= 0.6 is 0 Å². The normalized spacial score (nSPS) is 10.0. The van der Waals surface area contributed by atoms with Gasteiger partial charge in [-0.1, -0.05) is 36.4 Å². The minimum absolute atomic E-state index is 0.949. The van der Waals surface area contributed by atoms with Crippen LogP contribution in [-0.2, 0) is 0 Å². The van der Waals surface area contributed by atoms with Crippen LogP contribution in [0, 0.1) is 0 Å². The summed E-state index contributed by atoms with van der Waals surface area (Å²) < 4.78 is 0. The second kappa shape index (κ2) is 5.84. The molecule has 0 atom stereocenters. The number of fused-ring (bicyclic) bond motifs is 2. The van der Waals surface area contributed by atoms with Gasteiger partial charge in [0.25, 0.3) is 0 Å². The number of hydrogen-bond acceptors (Lipinski definition) is 4. The first-order valence-corrected chi connectivity index (χ1v) is 6.25. The first kappa shape index (κ1) is 12.2. The Kier molecular flexibility index (Phi) is 3.55. The molecule has 4 aromatic rings.